The van der Waals surface area contributed by atoms with Gasteiger partial charge in [-0.25, -0.2) is 0 Å². The Morgan fingerprint density at radius 1 is 1.19 bits per heavy atom. The Morgan fingerprint density at radius 3 is 2.52 bits per heavy atom. The van der Waals surface area contributed by atoms with Gasteiger partial charge in [0.15, 0.2) is 5.69 Å². The van der Waals surface area contributed by atoms with Gasteiger partial charge in [0.1, 0.15) is 0 Å². The topological polar surface area (TPSA) is 71.2 Å². The largest absolute Gasteiger partial charge is 0.394 e. The zero-order valence-electron chi connectivity index (χ0n) is 15.6. The Kier molecular flexibility index (Phi) is 5.98. The van der Waals surface area contributed by atoms with Crippen LogP contribution in [0.4, 0.5) is 0 Å². The average Bonchev–Trinajstić information content (AvgIpc) is 3.10. The molecule has 6 nitrogen and oxygen atoms in total. The fourth-order valence-corrected chi connectivity index (χ4v) is 3.10. The number of aromatic nitrogens is 3. The highest BCUT2D eigenvalue weighted by Crippen LogP contribution is 2.21. The van der Waals surface area contributed by atoms with Crippen molar-refractivity contribution in [2.75, 3.05) is 6.61 Å². The summed E-state index contributed by atoms with van der Waals surface area (Å²) in [6.45, 7) is 2.27. The molecule has 0 aliphatic heterocycles. The van der Waals surface area contributed by atoms with Crippen molar-refractivity contribution in [3.05, 3.63) is 72.2 Å². The van der Waals surface area contributed by atoms with Crippen LogP contribution in [0.25, 0.3) is 11.3 Å². The maximum Gasteiger partial charge on any atom is 0.275 e. The lowest BCUT2D eigenvalue weighted by Crippen LogP contribution is -2.41. The molecule has 3 rings (SSSR count). The van der Waals surface area contributed by atoms with Crippen LogP contribution in [-0.4, -0.2) is 43.3 Å². The third-order valence-corrected chi connectivity index (χ3v) is 4.65. The minimum absolute atomic E-state index is 0.0916. The molecule has 2 heterocycles. The number of carbonyl (C=O) groups excluding carboxylic acids is 1. The number of pyridine rings is 1. The number of aryl methyl sites for hydroxylation is 1. The predicted molar refractivity (Wildman–Crippen MR) is 104 cm³/mol. The number of benzene rings is 1. The summed E-state index contributed by atoms with van der Waals surface area (Å²) in [6.07, 6.45) is 4.06. The van der Waals surface area contributed by atoms with Crippen LogP contribution in [0.3, 0.4) is 0 Å². The SMILES string of the molecule is CC[C@@H](CO)N(Cc1ccncc1)C(=O)c1cc(-c2ccccc2)n(C)n1. The van der Waals surface area contributed by atoms with Gasteiger partial charge in [-0.15, -0.1) is 0 Å². The Labute approximate surface area is 159 Å². The van der Waals surface area contributed by atoms with Gasteiger partial charge in [-0.1, -0.05) is 37.3 Å². The highest BCUT2D eigenvalue weighted by Gasteiger charge is 2.26. The first-order chi connectivity index (χ1) is 13.1. The summed E-state index contributed by atoms with van der Waals surface area (Å²) in [5.74, 6) is -0.189. The molecular weight excluding hydrogens is 340 g/mol. The van der Waals surface area contributed by atoms with E-state index in [-0.39, 0.29) is 18.6 Å². The molecule has 0 bridgehead atoms. The van der Waals surface area contributed by atoms with Crippen LogP contribution in [0.5, 0.6) is 0 Å². The van der Waals surface area contributed by atoms with Gasteiger partial charge in [0.25, 0.3) is 5.91 Å². The van der Waals surface area contributed by atoms with E-state index in [0.29, 0.717) is 18.7 Å². The third kappa shape index (κ3) is 4.23. The average molecular weight is 364 g/mol. The number of aliphatic hydroxyl groups excluding tert-OH is 1. The van der Waals surface area contributed by atoms with Crippen molar-refractivity contribution in [3.63, 3.8) is 0 Å². The van der Waals surface area contributed by atoms with Crippen LogP contribution >= 0.6 is 0 Å². The third-order valence-electron chi connectivity index (χ3n) is 4.65. The predicted octanol–water partition coefficient (Wildman–Crippen LogP) is 2.90. The normalized spacial score (nSPS) is 12.0. The van der Waals surface area contributed by atoms with Gasteiger partial charge in [0, 0.05) is 26.0 Å². The number of rotatable bonds is 7. The number of nitrogens with zero attached hydrogens (tertiary/aromatic N) is 4. The zero-order valence-corrected chi connectivity index (χ0v) is 15.6. The second-order valence-corrected chi connectivity index (χ2v) is 6.44. The van der Waals surface area contributed by atoms with Crippen LogP contribution in [0, 0.1) is 0 Å². The molecule has 0 spiro atoms. The minimum Gasteiger partial charge on any atom is -0.394 e. The van der Waals surface area contributed by atoms with E-state index in [1.54, 1.807) is 28.0 Å². The van der Waals surface area contributed by atoms with E-state index in [0.717, 1.165) is 16.8 Å². The van der Waals surface area contributed by atoms with Gasteiger partial charge in [-0.05, 0) is 35.7 Å². The molecule has 6 heteroatoms. The molecule has 1 atom stereocenters. The molecule has 0 aliphatic rings. The highest BCUT2D eigenvalue weighted by molar-refractivity contribution is 5.93. The molecule has 1 aromatic carbocycles. The Bertz CT molecular complexity index is 874. The van der Waals surface area contributed by atoms with E-state index in [9.17, 15) is 9.90 Å². The fraction of sp³-hybridized carbons (Fsp3) is 0.286. The standard InChI is InChI=1S/C21H24N4O2/c1-3-18(15-26)25(14-16-9-11-22-12-10-16)21(27)19-13-20(24(2)23-19)17-7-5-4-6-8-17/h4-13,18,26H,3,14-15H2,1-2H3/t18-/m0/s1. The van der Waals surface area contributed by atoms with E-state index < -0.39 is 0 Å². The molecule has 1 amide bonds. The van der Waals surface area contributed by atoms with Gasteiger partial charge in [0.2, 0.25) is 0 Å². The molecule has 0 unspecified atom stereocenters. The zero-order chi connectivity index (χ0) is 19.2. The molecule has 140 valence electrons. The smallest absolute Gasteiger partial charge is 0.275 e. The molecule has 0 aliphatic carbocycles. The molecule has 1 N–H and O–H groups in total. The van der Waals surface area contributed by atoms with Crippen molar-refractivity contribution >= 4 is 5.91 Å². The van der Waals surface area contributed by atoms with E-state index in [2.05, 4.69) is 10.1 Å². The Morgan fingerprint density at radius 2 is 1.89 bits per heavy atom. The van der Waals surface area contributed by atoms with Gasteiger partial charge >= 0.3 is 0 Å². The van der Waals surface area contributed by atoms with Crippen molar-refractivity contribution in [1.29, 1.82) is 0 Å². The number of aliphatic hydroxyl groups is 1. The molecule has 0 radical (unpaired) electrons. The number of amides is 1. The fourth-order valence-electron chi connectivity index (χ4n) is 3.10. The number of hydrogen-bond acceptors (Lipinski definition) is 4. The molecule has 0 saturated heterocycles. The summed E-state index contributed by atoms with van der Waals surface area (Å²) in [6, 6.07) is 15.1. The second kappa shape index (κ2) is 8.60. The van der Waals surface area contributed by atoms with Crippen molar-refractivity contribution in [2.24, 2.45) is 7.05 Å². The van der Waals surface area contributed by atoms with Crippen molar-refractivity contribution in [1.82, 2.24) is 19.7 Å². The Hall–Kier alpha value is -2.99. The van der Waals surface area contributed by atoms with Crippen molar-refractivity contribution < 1.29 is 9.90 Å². The van der Waals surface area contributed by atoms with E-state index in [4.69, 9.17) is 0 Å². The summed E-state index contributed by atoms with van der Waals surface area (Å²) >= 11 is 0. The molecule has 27 heavy (non-hydrogen) atoms. The number of carbonyl (C=O) groups is 1. The van der Waals surface area contributed by atoms with Crippen LogP contribution in [0.15, 0.2) is 60.9 Å². The van der Waals surface area contributed by atoms with Gasteiger partial charge < -0.3 is 10.0 Å². The summed E-state index contributed by atoms with van der Waals surface area (Å²) < 4.78 is 1.72. The maximum absolute atomic E-state index is 13.2. The first-order valence-corrected chi connectivity index (χ1v) is 9.04. The summed E-state index contributed by atoms with van der Waals surface area (Å²) in [4.78, 5) is 18.9. The summed E-state index contributed by atoms with van der Waals surface area (Å²) in [5.41, 5.74) is 3.21. The second-order valence-electron chi connectivity index (χ2n) is 6.44. The maximum atomic E-state index is 13.2. The van der Waals surface area contributed by atoms with Gasteiger partial charge in [-0.3, -0.25) is 14.5 Å². The summed E-state index contributed by atoms with van der Waals surface area (Å²) in [7, 11) is 1.83. The minimum atomic E-state index is -0.271. The summed E-state index contributed by atoms with van der Waals surface area (Å²) in [5, 5.41) is 14.2. The van der Waals surface area contributed by atoms with Crippen LogP contribution in [0.1, 0.15) is 29.4 Å². The van der Waals surface area contributed by atoms with E-state index >= 15 is 0 Å². The van der Waals surface area contributed by atoms with Crippen molar-refractivity contribution in [2.45, 2.75) is 25.9 Å². The first kappa shape index (κ1) is 18.8. The van der Waals surface area contributed by atoms with Crippen molar-refractivity contribution in [3.8, 4) is 11.3 Å². The lowest BCUT2D eigenvalue weighted by atomic mass is 10.1. The molecule has 2 aromatic heterocycles. The van der Waals surface area contributed by atoms with Crippen LogP contribution < -0.4 is 0 Å². The molecule has 0 saturated carbocycles. The van der Waals surface area contributed by atoms with E-state index in [1.165, 1.54) is 0 Å². The first-order valence-electron chi connectivity index (χ1n) is 9.04. The monoisotopic (exact) mass is 364 g/mol. The number of hydrogen-bond donors (Lipinski definition) is 1. The quantitative estimate of drug-likeness (QED) is 0.700. The van der Waals surface area contributed by atoms with Crippen LogP contribution in [0.2, 0.25) is 0 Å². The molecule has 0 fully saturated rings. The lowest BCUT2D eigenvalue weighted by molar-refractivity contribution is 0.0557. The van der Waals surface area contributed by atoms with Gasteiger partial charge in [0.05, 0.1) is 18.3 Å². The lowest BCUT2D eigenvalue weighted by Gasteiger charge is -2.29. The van der Waals surface area contributed by atoms with Crippen LogP contribution in [-0.2, 0) is 13.6 Å². The highest BCUT2D eigenvalue weighted by atomic mass is 16.3. The molecular formula is C21H24N4O2. The molecule has 3 aromatic rings. The Balaban J connectivity index is 1.92. The van der Waals surface area contributed by atoms with Gasteiger partial charge in [-0.2, -0.15) is 5.10 Å². The van der Waals surface area contributed by atoms with E-state index in [1.807, 2.05) is 56.4 Å².